The first-order valence-electron chi connectivity index (χ1n) is 7.71. The molecule has 28 heavy (non-hydrogen) atoms. The molecule has 146 valence electrons. The van der Waals surface area contributed by atoms with Crippen LogP contribution in [0.3, 0.4) is 0 Å². The Morgan fingerprint density at radius 3 is 2.61 bits per heavy atom. The highest BCUT2D eigenvalue weighted by Gasteiger charge is 2.23. The summed E-state index contributed by atoms with van der Waals surface area (Å²) in [5.74, 6) is -0.696. The van der Waals surface area contributed by atoms with Crippen LogP contribution in [0.15, 0.2) is 45.7 Å². The van der Waals surface area contributed by atoms with Gasteiger partial charge < -0.3 is 9.15 Å². The molecule has 0 unspecified atom stereocenters. The number of sulfonamides is 1. The van der Waals surface area contributed by atoms with Crippen molar-refractivity contribution >= 4 is 49.9 Å². The van der Waals surface area contributed by atoms with Crippen LogP contribution in [0.4, 0.5) is 11.4 Å². The molecule has 3 rings (SSSR count). The summed E-state index contributed by atoms with van der Waals surface area (Å²) in [4.78, 5) is 21.6. The van der Waals surface area contributed by atoms with E-state index in [2.05, 4.69) is 9.46 Å². The normalized spacial score (nSPS) is 11.4. The van der Waals surface area contributed by atoms with E-state index in [1.807, 2.05) is 0 Å². The summed E-state index contributed by atoms with van der Waals surface area (Å²) in [5, 5.41) is 11.6. The minimum atomic E-state index is -4.15. The number of nitrogens with one attached hydrogen (secondary N) is 1. The molecule has 0 bridgehead atoms. The third-order valence-corrected chi connectivity index (χ3v) is 5.71. The number of carbonyl (C=O) groups excluding carboxylic acids is 1. The average Bonchev–Trinajstić information content (AvgIpc) is 3.05. The predicted molar refractivity (Wildman–Crippen MR) is 101 cm³/mol. The summed E-state index contributed by atoms with van der Waals surface area (Å²) in [6.45, 7) is 1.43. The van der Waals surface area contributed by atoms with Crippen LogP contribution in [-0.2, 0) is 14.8 Å². The molecule has 1 aromatic heterocycles. The molecule has 0 atom stereocenters. The summed E-state index contributed by atoms with van der Waals surface area (Å²) in [6, 6.07) is 7.84. The van der Waals surface area contributed by atoms with Crippen molar-refractivity contribution in [3.05, 3.63) is 62.9 Å². The summed E-state index contributed by atoms with van der Waals surface area (Å²) in [7, 11) is -2.94. The van der Waals surface area contributed by atoms with Crippen LogP contribution < -0.4 is 4.72 Å². The van der Waals surface area contributed by atoms with Gasteiger partial charge in [-0.25, -0.2) is 13.2 Å². The third kappa shape index (κ3) is 3.64. The van der Waals surface area contributed by atoms with Gasteiger partial charge in [-0.1, -0.05) is 11.6 Å². The van der Waals surface area contributed by atoms with Crippen LogP contribution in [0.5, 0.6) is 0 Å². The number of nitro groups is 1. The predicted octanol–water partition coefficient (Wildman–Crippen LogP) is 3.89. The largest absolute Gasteiger partial charge is 0.463 e. The lowest BCUT2D eigenvalue weighted by Gasteiger charge is -2.09. The maximum absolute atomic E-state index is 12.6. The van der Waals surface area contributed by atoms with Crippen molar-refractivity contribution in [3.63, 3.8) is 0 Å². The van der Waals surface area contributed by atoms with Gasteiger partial charge in [-0.3, -0.25) is 14.8 Å². The Morgan fingerprint density at radius 1 is 1.25 bits per heavy atom. The Hall–Kier alpha value is -3.11. The van der Waals surface area contributed by atoms with E-state index in [0.717, 1.165) is 12.1 Å². The molecule has 0 saturated heterocycles. The van der Waals surface area contributed by atoms with Crippen molar-refractivity contribution in [2.45, 2.75) is 11.8 Å². The first-order valence-corrected chi connectivity index (χ1v) is 9.58. The molecule has 0 aliphatic heterocycles. The molecule has 9 nitrogen and oxygen atoms in total. The van der Waals surface area contributed by atoms with E-state index in [1.165, 1.54) is 38.3 Å². The van der Waals surface area contributed by atoms with Gasteiger partial charge in [0.05, 0.1) is 22.0 Å². The van der Waals surface area contributed by atoms with Crippen LogP contribution in [0.25, 0.3) is 11.0 Å². The molecule has 2 aromatic carbocycles. The van der Waals surface area contributed by atoms with Gasteiger partial charge in [-0.2, -0.15) is 0 Å². The number of furan rings is 1. The maximum atomic E-state index is 12.6. The third-order valence-electron chi connectivity index (χ3n) is 3.95. The number of fused-ring (bicyclic) bond motifs is 1. The highest BCUT2D eigenvalue weighted by Crippen LogP contribution is 2.31. The number of esters is 1. The second-order valence-corrected chi connectivity index (χ2v) is 7.86. The highest BCUT2D eigenvalue weighted by atomic mass is 35.5. The maximum Gasteiger partial charge on any atom is 0.373 e. The van der Waals surface area contributed by atoms with Crippen molar-refractivity contribution in [2.75, 3.05) is 11.8 Å². The van der Waals surface area contributed by atoms with E-state index in [1.54, 1.807) is 0 Å². The number of nitrogens with zero attached hydrogens (tertiary/aromatic N) is 1. The zero-order chi connectivity index (χ0) is 20.6. The molecule has 0 radical (unpaired) electrons. The van der Waals surface area contributed by atoms with Crippen LogP contribution >= 0.6 is 11.6 Å². The number of ether oxygens (including phenoxy) is 1. The van der Waals surface area contributed by atoms with Gasteiger partial charge in [-0.05, 0) is 37.3 Å². The second kappa shape index (κ2) is 7.13. The molecule has 0 saturated carbocycles. The topological polar surface area (TPSA) is 129 Å². The van der Waals surface area contributed by atoms with E-state index < -0.39 is 26.6 Å². The number of halogens is 1. The zero-order valence-electron chi connectivity index (χ0n) is 14.6. The Kier molecular flexibility index (Phi) is 5.01. The van der Waals surface area contributed by atoms with Crippen LogP contribution in [0.2, 0.25) is 5.02 Å². The van der Waals surface area contributed by atoms with Crippen LogP contribution in [-0.4, -0.2) is 26.4 Å². The fourth-order valence-corrected chi connectivity index (χ4v) is 3.88. The van der Waals surface area contributed by atoms with Gasteiger partial charge in [0.15, 0.2) is 0 Å². The second-order valence-electron chi connectivity index (χ2n) is 5.77. The molecule has 0 aliphatic rings. The van der Waals surface area contributed by atoms with Gasteiger partial charge >= 0.3 is 5.97 Å². The van der Waals surface area contributed by atoms with Crippen LogP contribution in [0.1, 0.15) is 16.1 Å². The SMILES string of the molecule is COC(=O)c1cc2cc(NS(=O)(=O)c3cc(Cl)c(C)c([N+](=O)[O-])c3)ccc2o1. The molecule has 0 amide bonds. The van der Waals surface area contributed by atoms with Crippen molar-refractivity contribution in [1.82, 2.24) is 0 Å². The molecule has 11 heteroatoms. The molecule has 0 fully saturated rings. The quantitative estimate of drug-likeness (QED) is 0.373. The van der Waals surface area contributed by atoms with Gasteiger partial charge in [0, 0.05) is 22.7 Å². The summed E-state index contributed by atoms with van der Waals surface area (Å²) in [6.07, 6.45) is 0. The minimum absolute atomic E-state index is 0.0292. The fourth-order valence-electron chi connectivity index (χ4n) is 2.51. The molecular formula is C17H13ClN2O7S. The number of methoxy groups -OCH3 is 1. The lowest BCUT2D eigenvalue weighted by molar-refractivity contribution is -0.385. The van der Waals surface area contributed by atoms with Crippen molar-refractivity contribution in [1.29, 1.82) is 0 Å². The Labute approximate surface area is 164 Å². The Morgan fingerprint density at radius 2 is 1.96 bits per heavy atom. The number of anilines is 1. The van der Waals surface area contributed by atoms with Crippen molar-refractivity contribution in [3.8, 4) is 0 Å². The molecule has 1 heterocycles. The van der Waals surface area contributed by atoms with Gasteiger partial charge in [0.2, 0.25) is 5.76 Å². The molecule has 0 aliphatic carbocycles. The number of rotatable bonds is 5. The summed E-state index contributed by atoms with van der Waals surface area (Å²) >= 11 is 5.94. The van der Waals surface area contributed by atoms with E-state index in [4.69, 9.17) is 16.0 Å². The van der Waals surface area contributed by atoms with E-state index >= 15 is 0 Å². The van der Waals surface area contributed by atoms with Gasteiger partial charge in [-0.15, -0.1) is 0 Å². The lowest BCUT2D eigenvalue weighted by Crippen LogP contribution is -2.13. The highest BCUT2D eigenvalue weighted by molar-refractivity contribution is 7.92. The number of carbonyl (C=O) groups is 1. The Bertz CT molecular complexity index is 1220. The molecule has 0 spiro atoms. The summed E-state index contributed by atoms with van der Waals surface area (Å²) in [5.41, 5.74) is 0.295. The molecule has 1 N–H and O–H groups in total. The number of hydrogen-bond donors (Lipinski definition) is 1. The molecular weight excluding hydrogens is 412 g/mol. The van der Waals surface area contributed by atoms with E-state index in [-0.39, 0.29) is 26.9 Å². The summed E-state index contributed by atoms with van der Waals surface area (Å²) < 4.78 is 37.5. The lowest BCUT2D eigenvalue weighted by atomic mass is 10.2. The number of hydrogen-bond acceptors (Lipinski definition) is 7. The minimum Gasteiger partial charge on any atom is -0.463 e. The number of nitro benzene ring substituents is 1. The fraction of sp³-hybridized carbons (Fsp3) is 0.118. The monoisotopic (exact) mass is 424 g/mol. The molecule has 3 aromatic rings. The zero-order valence-corrected chi connectivity index (χ0v) is 16.1. The first-order chi connectivity index (χ1) is 13.1. The van der Waals surface area contributed by atoms with Gasteiger partial charge in [0.1, 0.15) is 5.58 Å². The number of benzene rings is 2. The van der Waals surface area contributed by atoms with Crippen molar-refractivity contribution < 1.29 is 27.3 Å². The van der Waals surface area contributed by atoms with E-state index in [0.29, 0.717) is 11.0 Å². The first kappa shape index (κ1) is 19.6. The van der Waals surface area contributed by atoms with E-state index in [9.17, 15) is 23.3 Å². The van der Waals surface area contributed by atoms with Crippen LogP contribution in [0, 0.1) is 17.0 Å². The van der Waals surface area contributed by atoms with Gasteiger partial charge in [0.25, 0.3) is 15.7 Å². The average molecular weight is 425 g/mol. The Balaban J connectivity index is 1.98. The van der Waals surface area contributed by atoms with Crippen molar-refractivity contribution in [2.24, 2.45) is 0 Å². The standard InChI is InChI=1S/C17H13ClN2O7S/c1-9-13(18)7-12(8-14(9)20(22)23)28(24,25)19-11-3-4-15-10(5-11)6-16(27-15)17(21)26-2/h3-8,19H,1-2H3. The smallest absolute Gasteiger partial charge is 0.373 e.